The monoisotopic (exact) mass is 199 g/mol. The number of thiophene rings is 1. The molecule has 74 valence electrons. The van der Waals surface area contributed by atoms with E-state index in [1.165, 1.54) is 10.4 Å². The van der Waals surface area contributed by atoms with Crippen LogP contribution in [0, 0.1) is 6.92 Å². The summed E-state index contributed by atoms with van der Waals surface area (Å²) in [5.74, 6) is 0. The molecule has 0 unspecified atom stereocenters. The summed E-state index contributed by atoms with van der Waals surface area (Å²) in [5.41, 5.74) is 0.707. The zero-order valence-corrected chi connectivity index (χ0v) is 9.24. The van der Waals surface area contributed by atoms with Crippen LogP contribution in [0.2, 0.25) is 0 Å². The van der Waals surface area contributed by atoms with Crippen LogP contribution >= 0.6 is 11.3 Å². The van der Waals surface area contributed by atoms with E-state index in [-0.39, 0.29) is 0 Å². The Bertz CT molecular complexity index is 262. The highest BCUT2D eigenvalue weighted by Gasteiger charge is 2.11. The van der Waals surface area contributed by atoms with E-state index in [0.29, 0.717) is 6.54 Å². The van der Waals surface area contributed by atoms with Gasteiger partial charge in [-0.25, -0.2) is 0 Å². The summed E-state index contributed by atoms with van der Waals surface area (Å²) in [6.07, 6.45) is 0. The molecule has 1 aromatic heterocycles. The maximum Gasteiger partial charge on any atom is 0.0715 e. The van der Waals surface area contributed by atoms with Crippen molar-refractivity contribution in [3.05, 3.63) is 21.9 Å². The highest BCUT2D eigenvalue weighted by molar-refractivity contribution is 7.10. The predicted octanol–water partition coefficient (Wildman–Crippen LogP) is 1.92. The second-order valence-corrected chi connectivity index (χ2v) is 4.94. The summed E-state index contributed by atoms with van der Waals surface area (Å²) in [5, 5.41) is 14.8. The van der Waals surface area contributed by atoms with Gasteiger partial charge in [0.1, 0.15) is 0 Å². The molecule has 0 radical (unpaired) electrons. The second-order valence-electron chi connectivity index (χ2n) is 3.94. The van der Waals surface area contributed by atoms with Crippen molar-refractivity contribution >= 4 is 11.3 Å². The van der Waals surface area contributed by atoms with Gasteiger partial charge >= 0.3 is 0 Å². The molecule has 0 aliphatic heterocycles. The van der Waals surface area contributed by atoms with Gasteiger partial charge in [-0.15, -0.1) is 11.3 Å². The Balaban J connectivity index is 2.32. The van der Waals surface area contributed by atoms with Crippen LogP contribution in [0.15, 0.2) is 11.4 Å². The Labute approximate surface area is 83.6 Å². The van der Waals surface area contributed by atoms with Gasteiger partial charge in [0.15, 0.2) is 0 Å². The number of aliphatic hydroxyl groups is 1. The van der Waals surface area contributed by atoms with E-state index in [9.17, 15) is 5.11 Å². The maximum atomic E-state index is 9.46. The molecule has 0 saturated heterocycles. The van der Waals surface area contributed by atoms with E-state index in [4.69, 9.17) is 0 Å². The van der Waals surface area contributed by atoms with Crippen LogP contribution in [0.5, 0.6) is 0 Å². The van der Waals surface area contributed by atoms with Gasteiger partial charge in [-0.05, 0) is 37.8 Å². The van der Waals surface area contributed by atoms with Gasteiger partial charge in [-0.2, -0.15) is 0 Å². The zero-order valence-electron chi connectivity index (χ0n) is 8.42. The topological polar surface area (TPSA) is 32.3 Å². The SMILES string of the molecule is Cc1ccsc1CNCC(C)(C)O. The van der Waals surface area contributed by atoms with E-state index in [1.807, 2.05) is 0 Å². The molecule has 0 aliphatic rings. The first kappa shape index (κ1) is 10.7. The van der Waals surface area contributed by atoms with Crippen molar-refractivity contribution in [1.29, 1.82) is 0 Å². The molecular weight excluding hydrogens is 182 g/mol. The molecule has 2 nitrogen and oxygen atoms in total. The van der Waals surface area contributed by atoms with Gasteiger partial charge < -0.3 is 10.4 Å². The van der Waals surface area contributed by atoms with Crippen LogP contribution in [0.25, 0.3) is 0 Å². The molecule has 0 aromatic carbocycles. The number of hydrogen-bond donors (Lipinski definition) is 2. The lowest BCUT2D eigenvalue weighted by atomic mass is 10.1. The molecule has 1 heterocycles. The first-order valence-electron chi connectivity index (χ1n) is 4.45. The molecule has 0 fully saturated rings. The van der Waals surface area contributed by atoms with Crippen molar-refractivity contribution in [2.45, 2.75) is 32.9 Å². The lowest BCUT2D eigenvalue weighted by Gasteiger charge is -2.17. The van der Waals surface area contributed by atoms with E-state index in [0.717, 1.165) is 6.54 Å². The summed E-state index contributed by atoms with van der Waals surface area (Å²) in [6, 6.07) is 2.12. The Kier molecular flexibility index (Phi) is 3.47. The van der Waals surface area contributed by atoms with Crippen molar-refractivity contribution in [2.24, 2.45) is 0 Å². The lowest BCUT2D eigenvalue weighted by molar-refractivity contribution is 0.0795. The van der Waals surface area contributed by atoms with Gasteiger partial charge in [0.05, 0.1) is 5.60 Å². The van der Waals surface area contributed by atoms with Crippen molar-refractivity contribution in [3.8, 4) is 0 Å². The van der Waals surface area contributed by atoms with Crippen LogP contribution in [-0.4, -0.2) is 17.3 Å². The first-order chi connectivity index (χ1) is 5.99. The average Bonchev–Trinajstić information content (AvgIpc) is 2.34. The summed E-state index contributed by atoms with van der Waals surface area (Å²) < 4.78 is 0. The first-order valence-corrected chi connectivity index (χ1v) is 5.33. The molecular formula is C10H17NOS. The van der Waals surface area contributed by atoms with Gasteiger partial charge in [0.2, 0.25) is 0 Å². The Morgan fingerprint density at radius 1 is 1.54 bits per heavy atom. The summed E-state index contributed by atoms with van der Waals surface area (Å²) in [6.45, 7) is 7.21. The van der Waals surface area contributed by atoms with Crippen LogP contribution in [0.3, 0.4) is 0 Å². The number of rotatable bonds is 4. The Morgan fingerprint density at radius 3 is 2.69 bits per heavy atom. The van der Waals surface area contributed by atoms with Crippen LogP contribution in [-0.2, 0) is 6.54 Å². The van der Waals surface area contributed by atoms with Crippen LogP contribution in [0.1, 0.15) is 24.3 Å². The molecule has 2 N–H and O–H groups in total. The van der Waals surface area contributed by atoms with Crippen LogP contribution < -0.4 is 5.32 Å². The molecule has 0 aliphatic carbocycles. The standard InChI is InChI=1S/C10H17NOS/c1-8-4-5-13-9(8)6-11-7-10(2,3)12/h4-5,11-12H,6-7H2,1-3H3. The molecule has 0 spiro atoms. The normalized spacial score (nSPS) is 12.0. The minimum atomic E-state index is -0.620. The predicted molar refractivity (Wildman–Crippen MR) is 57.1 cm³/mol. The molecule has 0 saturated carbocycles. The fourth-order valence-corrected chi connectivity index (χ4v) is 1.94. The molecule has 1 rings (SSSR count). The van der Waals surface area contributed by atoms with Crippen LogP contribution in [0.4, 0.5) is 0 Å². The summed E-state index contributed by atoms with van der Waals surface area (Å²) in [7, 11) is 0. The fraction of sp³-hybridized carbons (Fsp3) is 0.600. The molecule has 0 bridgehead atoms. The molecule has 3 heteroatoms. The maximum absolute atomic E-state index is 9.46. The molecule has 0 atom stereocenters. The quantitative estimate of drug-likeness (QED) is 0.776. The van der Waals surface area contributed by atoms with Crippen molar-refractivity contribution in [2.75, 3.05) is 6.54 Å². The smallest absolute Gasteiger partial charge is 0.0715 e. The average molecular weight is 199 g/mol. The minimum absolute atomic E-state index is 0.620. The second kappa shape index (κ2) is 4.22. The number of nitrogens with one attached hydrogen (secondary N) is 1. The van der Waals surface area contributed by atoms with Gasteiger partial charge in [-0.3, -0.25) is 0 Å². The summed E-state index contributed by atoms with van der Waals surface area (Å²) >= 11 is 1.76. The minimum Gasteiger partial charge on any atom is -0.389 e. The summed E-state index contributed by atoms with van der Waals surface area (Å²) in [4.78, 5) is 1.35. The Morgan fingerprint density at radius 2 is 2.23 bits per heavy atom. The number of hydrogen-bond acceptors (Lipinski definition) is 3. The van der Waals surface area contributed by atoms with E-state index >= 15 is 0 Å². The Hall–Kier alpha value is -0.380. The lowest BCUT2D eigenvalue weighted by Crippen LogP contribution is -2.34. The largest absolute Gasteiger partial charge is 0.389 e. The highest BCUT2D eigenvalue weighted by atomic mass is 32.1. The van der Waals surface area contributed by atoms with E-state index in [1.54, 1.807) is 25.2 Å². The molecule has 1 aromatic rings. The molecule has 0 amide bonds. The van der Waals surface area contributed by atoms with E-state index in [2.05, 4.69) is 23.7 Å². The zero-order chi connectivity index (χ0) is 9.90. The van der Waals surface area contributed by atoms with Gasteiger partial charge in [0.25, 0.3) is 0 Å². The number of aryl methyl sites for hydroxylation is 1. The molecule has 13 heavy (non-hydrogen) atoms. The van der Waals surface area contributed by atoms with Gasteiger partial charge in [0, 0.05) is 18.0 Å². The van der Waals surface area contributed by atoms with Gasteiger partial charge in [-0.1, -0.05) is 0 Å². The van der Waals surface area contributed by atoms with Crippen molar-refractivity contribution in [1.82, 2.24) is 5.32 Å². The third kappa shape index (κ3) is 3.89. The van der Waals surface area contributed by atoms with E-state index < -0.39 is 5.60 Å². The third-order valence-electron chi connectivity index (χ3n) is 1.81. The fourth-order valence-electron chi connectivity index (χ4n) is 1.07. The van der Waals surface area contributed by atoms with Crippen molar-refractivity contribution < 1.29 is 5.11 Å². The van der Waals surface area contributed by atoms with Crippen molar-refractivity contribution in [3.63, 3.8) is 0 Å². The third-order valence-corrected chi connectivity index (χ3v) is 2.83. The highest BCUT2D eigenvalue weighted by Crippen LogP contribution is 2.14.